The van der Waals surface area contributed by atoms with Crippen LogP contribution < -0.4 is 5.32 Å². The Labute approximate surface area is 182 Å². The summed E-state index contributed by atoms with van der Waals surface area (Å²) in [6.45, 7) is 7.69. The number of amides is 2. The fourth-order valence-electron chi connectivity index (χ4n) is 4.41. The van der Waals surface area contributed by atoms with Gasteiger partial charge in [0.1, 0.15) is 5.76 Å². The van der Waals surface area contributed by atoms with E-state index in [1.165, 1.54) is 5.56 Å². The number of hydrogen-bond acceptors (Lipinski definition) is 3. The summed E-state index contributed by atoms with van der Waals surface area (Å²) in [5.74, 6) is 0.743. The fourth-order valence-corrected chi connectivity index (χ4v) is 4.41. The largest absolute Gasteiger partial charge is 0.467 e. The molecule has 162 valence electrons. The van der Waals surface area contributed by atoms with Gasteiger partial charge in [0.15, 0.2) is 0 Å². The molecule has 0 saturated carbocycles. The first-order valence-electron chi connectivity index (χ1n) is 10.8. The van der Waals surface area contributed by atoms with Gasteiger partial charge in [-0.15, -0.1) is 0 Å². The minimum atomic E-state index is -0.0709. The Morgan fingerprint density at radius 1 is 1.06 bits per heavy atom. The molecule has 0 spiro atoms. The summed E-state index contributed by atoms with van der Waals surface area (Å²) in [6, 6.07) is 13.8. The third-order valence-electron chi connectivity index (χ3n) is 6.19. The number of hydrogen-bond donors (Lipinski definition) is 1. The van der Waals surface area contributed by atoms with Crippen molar-refractivity contribution in [1.82, 2.24) is 14.8 Å². The molecule has 1 aliphatic heterocycles. The van der Waals surface area contributed by atoms with Crippen molar-refractivity contribution < 1.29 is 14.0 Å². The first-order chi connectivity index (χ1) is 15.0. The fraction of sp³-hybridized carbons (Fsp3) is 0.360. The van der Waals surface area contributed by atoms with E-state index >= 15 is 0 Å². The summed E-state index contributed by atoms with van der Waals surface area (Å²) in [6.07, 6.45) is 2.94. The molecule has 6 heteroatoms. The van der Waals surface area contributed by atoms with E-state index in [1.54, 1.807) is 6.26 Å². The Morgan fingerprint density at radius 3 is 2.48 bits per heavy atom. The molecule has 4 rings (SSSR count). The topological polar surface area (TPSA) is 67.5 Å². The number of aryl methyl sites for hydroxylation is 2. The third kappa shape index (κ3) is 4.29. The van der Waals surface area contributed by atoms with Gasteiger partial charge in [0, 0.05) is 36.1 Å². The van der Waals surface area contributed by atoms with Crippen molar-refractivity contribution in [1.29, 1.82) is 0 Å². The van der Waals surface area contributed by atoms with Crippen LogP contribution in [0.3, 0.4) is 0 Å². The maximum absolute atomic E-state index is 13.3. The quantitative estimate of drug-likeness (QED) is 0.675. The number of carbonyl (C=O) groups excluding carboxylic acids is 2. The highest BCUT2D eigenvalue weighted by molar-refractivity contribution is 5.96. The van der Waals surface area contributed by atoms with Crippen LogP contribution in [0.1, 0.15) is 45.9 Å². The zero-order chi connectivity index (χ0) is 22.0. The number of piperidine rings is 1. The SMILES string of the molecule is Cc1ccccc1-n1c(C)cc(C(=O)N2CCC(C(=O)NCc3ccco3)CC2)c1C. The average Bonchev–Trinajstić information content (AvgIpc) is 3.40. The molecular weight excluding hydrogens is 390 g/mol. The lowest BCUT2D eigenvalue weighted by Crippen LogP contribution is -2.43. The standard InChI is InChI=1S/C25H29N3O3/c1-17-7-4-5-9-23(17)28-18(2)15-22(19(28)3)25(30)27-12-10-20(11-13-27)24(29)26-16-21-8-6-14-31-21/h4-9,14-15,20H,10-13,16H2,1-3H3,(H,26,29). The molecule has 1 N–H and O–H groups in total. The Kier molecular flexibility index (Phi) is 5.98. The molecule has 3 heterocycles. The van der Waals surface area contributed by atoms with Crippen molar-refractivity contribution in [2.75, 3.05) is 13.1 Å². The van der Waals surface area contributed by atoms with Gasteiger partial charge >= 0.3 is 0 Å². The summed E-state index contributed by atoms with van der Waals surface area (Å²) in [4.78, 5) is 27.6. The van der Waals surface area contributed by atoms with Crippen LogP contribution in [0.25, 0.3) is 5.69 Å². The van der Waals surface area contributed by atoms with Crippen LogP contribution in [-0.2, 0) is 11.3 Å². The summed E-state index contributed by atoms with van der Waals surface area (Å²) in [5.41, 5.74) is 5.01. The van der Waals surface area contributed by atoms with Gasteiger partial charge in [-0.1, -0.05) is 18.2 Å². The minimum absolute atomic E-state index is 0.0289. The summed E-state index contributed by atoms with van der Waals surface area (Å²) >= 11 is 0. The monoisotopic (exact) mass is 419 g/mol. The molecule has 1 aliphatic rings. The Balaban J connectivity index is 1.40. The third-order valence-corrected chi connectivity index (χ3v) is 6.19. The second kappa shape index (κ2) is 8.84. The lowest BCUT2D eigenvalue weighted by molar-refractivity contribution is -0.126. The van der Waals surface area contributed by atoms with Gasteiger partial charge < -0.3 is 19.2 Å². The number of para-hydroxylation sites is 1. The minimum Gasteiger partial charge on any atom is -0.467 e. The molecule has 0 aliphatic carbocycles. The van der Waals surface area contributed by atoms with E-state index in [-0.39, 0.29) is 17.7 Å². The summed E-state index contributed by atoms with van der Waals surface area (Å²) in [5, 5.41) is 2.93. The van der Waals surface area contributed by atoms with Crippen LogP contribution >= 0.6 is 0 Å². The first-order valence-corrected chi connectivity index (χ1v) is 10.8. The van der Waals surface area contributed by atoms with Crippen LogP contribution in [0.5, 0.6) is 0 Å². The van der Waals surface area contributed by atoms with E-state index in [9.17, 15) is 9.59 Å². The molecule has 1 fully saturated rings. The van der Waals surface area contributed by atoms with Gasteiger partial charge in [-0.2, -0.15) is 0 Å². The molecule has 1 saturated heterocycles. The molecule has 0 bridgehead atoms. The average molecular weight is 420 g/mol. The molecule has 3 aromatic rings. The van der Waals surface area contributed by atoms with Crippen molar-refractivity contribution in [3.05, 3.63) is 77.0 Å². The first kappa shape index (κ1) is 21.0. The van der Waals surface area contributed by atoms with Crippen molar-refractivity contribution in [3.63, 3.8) is 0 Å². The molecular formula is C25H29N3O3. The number of furan rings is 1. The van der Waals surface area contributed by atoms with Gasteiger partial charge in [0.2, 0.25) is 5.91 Å². The van der Waals surface area contributed by atoms with Crippen LogP contribution in [-0.4, -0.2) is 34.4 Å². The molecule has 2 aromatic heterocycles. The molecule has 6 nitrogen and oxygen atoms in total. The zero-order valence-corrected chi connectivity index (χ0v) is 18.4. The van der Waals surface area contributed by atoms with E-state index in [4.69, 9.17) is 4.42 Å². The number of aromatic nitrogens is 1. The molecule has 0 unspecified atom stereocenters. The highest BCUT2D eigenvalue weighted by atomic mass is 16.3. The van der Waals surface area contributed by atoms with Crippen molar-refractivity contribution in [2.45, 2.75) is 40.2 Å². The number of carbonyl (C=O) groups is 2. The lowest BCUT2D eigenvalue weighted by Gasteiger charge is -2.31. The predicted molar refractivity (Wildman–Crippen MR) is 119 cm³/mol. The van der Waals surface area contributed by atoms with Crippen LogP contribution in [0, 0.1) is 26.7 Å². The number of rotatable bonds is 5. The molecule has 1 aromatic carbocycles. The molecule has 0 radical (unpaired) electrons. The van der Waals surface area contributed by atoms with Gasteiger partial charge in [-0.05, 0) is 63.4 Å². The second-order valence-electron chi connectivity index (χ2n) is 8.27. The lowest BCUT2D eigenvalue weighted by atomic mass is 9.95. The normalized spacial score (nSPS) is 14.6. The Hall–Kier alpha value is -3.28. The van der Waals surface area contributed by atoms with Crippen LogP contribution in [0.2, 0.25) is 0 Å². The van der Waals surface area contributed by atoms with Crippen LogP contribution in [0.4, 0.5) is 0 Å². The number of nitrogens with one attached hydrogen (secondary N) is 1. The van der Waals surface area contributed by atoms with Crippen molar-refractivity contribution in [3.8, 4) is 5.69 Å². The van der Waals surface area contributed by atoms with Gasteiger partial charge in [0.25, 0.3) is 5.91 Å². The number of likely N-dealkylation sites (tertiary alicyclic amines) is 1. The Morgan fingerprint density at radius 2 is 1.81 bits per heavy atom. The van der Waals surface area contributed by atoms with Gasteiger partial charge in [-0.25, -0.2) is 0 Å². The molecule has 0 atom stereocenters. The summed E-state index contributed by atoms with van der Waals surface area (Å²) < 4.78 is 7.41. The van der Waals surface area contributed by atoms with Crippen molar-refractivity contribution >= 4 is 11.8 Å². The number of nitrogens with zero attached hydrogens (tertiary/aromatic N) is 2. The van der Waals surface area contributed by atoms with E-state index in [1.807, 2.05) is 49.1 Å². The van der Waals surface area contributed by atoms with Crippen molar-refractivity contribution in [2.24, 2.45) is 5.92 Å². The van der Waals surface area contributed by atoms with E-state index < -0.39 is 0 Å². The number of benzene rings is 1. The smallest absolute Gasteiger partial charge is 0.255 e. The maximum Gasteiger partial charge on any atom is 0.255 e. The van der Waals surface area contributed by atoms with Gasteiger partial charge in [0.05, 0.1) is 18.4 Å². The second-order valence-corrected chi connectivity index (χ2v) is 8.27. The highest BCUT2D eigenvalue weighted by Crippen LogP contribution is 2.26. The molecule has 2 amide bonds. The maximum atomic E-state index is 13.3. The predicted octanol–water partition coefficient (Wildman–Crippen LogP) is 4.16. The van der Waals surface area contributed by atoms with E-state index in [0.29, 0.717) is 32.5 Å². The van der Waals surface area contributed by atoms with E-state index in [2.05, 4.69) is 28.9 Å². The highest BCUT2D eigenvalue weighted by Gasteiger charge is 2.29. The van der Waals surface area contributed by atoms with E-state index in [0.717, 1.165) is 28.4 Å². The zero-order valence-electron chi connectivity index (χ0n) is 18.4. The van der Waals surface area contributed by atoms with Crippen LogP contribution in [0.15, 0.2) is 53.1 Å². The Bertz CT molecular complexity index is 1070. The summed E-state index contributed by atoms with van der Waals surface area (Å²) in [7, 11) is 0. The molecule has 31 heavy (non-hydrogen) atoms. The van der Waals surface area contributed by atoms with Gasteiger partial charge in [-0.3, -0.25) is 9.59 Å².